The molecule has 0 aliphatic rings. The number of benzene rings is 1. The third kappa shape index (κ3) is 3.68. The van der Waals surface area contributed by atoms with Gasteiger partial charge in [-0.1, -0.05) is 11.6 Å². The van der Waals surface area contributed by atoms with Gasteiger partial charge in [0, 0.05) is 42.9 Å². The quantitative estimate of drug-likeness (QED) is 0.601. The number of thiazole rings is 1. The minimum Gasteiger partial charge on any atom is -0.497 e. The highest BCUT2D eigenvalue weighted by molar-refractivity contribution is 7.15. The van der Waals surface area contributed by atoms with Crippen LogP contribution in [0.25, 0.3) is 11.0 Å². The smallest absolute Gasteiger partial charge is 0.246 e. The molecule has 3 aromatic rings. The summed E-state index contributed by atoms with van der Waals surface area (Å²) < 4.78 is 12.4. The molecule has 0 radical (unpaired) electrons. The molecule has 0 unspecified atom stereocenters. The van der Waals surface area contributed by atoms with Crippen molar-refractivity contribution < 1.29 is 14.3 Å². The maximum atomic E-state index is 12.5. The van der Waals surface area contributed by atoms with Crippen LogP contribution in [0.4, 0.5) is 0 Å². The summed E-state index contributed by atoms with van der Waals surface area (Å²) in [5, 5.41) is 2.29. The SMILES string of the molecule is COc1ccc(CN(C)C(=O)/C=C/c2c(Cl)nc3sccn23)c(OC)c1. The lowest BCUT2D eigenvalue weighted by molar-refractivity contribution is -0.125. The molecule has 0 saturated heterocycles. The van der Waals surface area contributed by atoms with E-state index < -0.39 is 0 Å². The van der Waals surface area contributed by atoms with E-state index in [1.807, 2.05) is 28.1 Å². The summed E-state index contributed by atoms with van der Waals surface area (Å²) in [5.74, 6) is 1.23. The average molecular weight is 392 g/mol. The fourth-order valence-corrected chi connectivity index (χ4v) is 3.52. The molecule has 26 heavy (non-hydrogen) atoms. The zero-order valence-electron chi connectivity index (χ0n) is 14.6. The number of likely N-dealkylation sites (N-methyl/N-ethyl adjacent to an activating group) is 1. The average Bonchev–Trinajstić information content (AvgIpc) is 3.20. The molecule has 6 nitrogen and oxygen atoms in total. The summed E-state index contributed by atoms with van der Waals surface area (Å²) >= 11 is 7.63. The predicted molar refractivity (Wildman–Crippen MR) is 103 cm³/mol. The van der Waals surface area contributed by atoms with Gasteiger partial charge >= 0.3 is 0 Å². The van der Waals surface area contributed by atoms with E-state index >= 15 is 0 Å². The maximum Gasteiger partial charge on any atom is 0.246 e. The Labute approximate surface area is 160 Å². The molecule has 2 aromatic heterocycles. The summed E-state index contributed by atoms with van der Waals surface area (Å²) in [6, 6.07) is 5.52. The van der Waals surface area contributed by atoms with Gasteiger partial charge in [-0.25, -0.2) is 4.98 Å². The Morgan fingerprint density at radius 1 is 1.38 bits per heavy atom. The van der Waals surface area contributed by atoms with Gasteiger partial charge in [-0.3, -0.25) is 9.20 Å². The Morgan fingerprint density at radius 3 is 2.92 bits per heavy atom. The van der Waals surface area contributed by atoms with Crippen molar-refractivity contribution >= 4 is 39.9 Å². The van der Waals surface area contributed by atoms with E-state index in [-0.39, 0.29) is 5.91 Å². The van der Waals surface area contributed by atoms with Crippen LogP contribution in [0.5, 0.6) is 11.5 Å². The van der Waals surface area contributed by atoms with E-state index in [0.717, 1.165) is 10.5 Å². The van der Waals surface area contributed by atoms with Gasteiger partial charge in [0.05, 0.1) is 19.9 Å². The first-order chi connectivity index (χ1) is 12.5. The lowest BCUT2D eigenvalue weighted by Gasteiger charge is -2.17. The van der Waals surface area contributed by atoms with Crippen molar-refractivity contribution in [1.82, 2.24) is 14.3 Å². The van der Waals surface area contributed by atoms with Crippen molar-refractivity contribution in [3.05, 3.63) is 52.3 Å². The first-order valence-electron chi connectivity index (χ1n) is 7.78. The minimum atomic E-state index is -0.149. The molecule has 2 heterocycles. The van der Waals surface area contributed by atoms with Crippen molar-refractivity contribution in [1.29, 1.82) is 0 Å². The highest BCUT2D eigenvalue weighted by Crippen LogP contribution is 2.26. The molecular weight excluding hydrogens is 374 g/mol. The molecule has 1 aromatic carbocycles. The third-order valence-corrected chi connectivity index (χ3v) is 4.95. The highest BCUT2D eigenvalue weighted by Gasteiger charge is 2.13. The molecule has 0 aliphatic carbocycles. The van der Waals surface area contributed by atoms with Crippen molar-refractivity contribution in [2.24, 2.45) is 0 Å². The van der Waals surface area contributed by atoms with Crippen LogP contribution in [-0.2, 0) is 11.3 Å². The van der Waals surface area contributed by atoms with E-state index in [1.54, 1.807) is 38.3 Å². The summed E-state index contributed by atoms with van der Waals surface area (Å²) in [4.78, 5) is 19.1. The van der Waals surface area contributed by atoms with Crippen molar-refractivity contribution in [2.75, 3.05) is 21.3 Å². The fourth-order valence-electron chi connectivity index (χ4n) is 2.52. The topological polar surface area (TPSA) is 56.1 Å². The molecule has 0 N–H and O–H groups in total. The molecule has 0 bridgehead atoms. The number of aromatic nitrogens is 2. The minimum absolute atomic E-state index is 0.149. The number of ether oxygens (including phenoxy) is 2. The Hall–Kier alpha value is -2.51. The second-order valence-electron chi connectivity index (χ2n) is 5.55. The van der Waals surface area contributed by atoms with Crippen LogP contribution in [0.2, 0.25) is 5.15 Å². The number of imidazole rings is 1. The largest absolute Gasteiger partial charge is 0.497 e. The number of hydrogen-bond donors (Lipinski definition) is 0. The first kappa shape index (κ1) is 18.3. The van der Waals surface area contributed by atoms with Crippen molar-refractivity contribution in [3.63, 3.8) is 0 Å². The molecule has 1 amide bonds. The predicted octanol–water partition coefficient (Wildman–Crippen LogP) is 3.74. The molecule has 0 saturated carbocycles. The summed E-state index contributed by atoms with van der Waals surface area (Å²) in [7, 11) is 4.92. The summed E-state index contributed by atoms with van der Waals surface area (Å²) in [6.07, 6.45) is 5.04. The van der Waals surface area contributed by atoms with E-state index in [9.17, 15) is 4.79 Å². The van der Waals surface area contributed by atoms with Gasteiger partial charge in [0.15, 0.2) is 10.1 Å². The normalized spacial score (nSPS) is 11.2. The molecule has 0 aliphatic heterocycles. The molecule has 8 heteroatoms. The second kappa shape index (κ2) is 7.80. The van der Waals surface area contributed by atoms with Crippen LogP contribution in [0.15, 0.2) is 35.9 Å². The highest BCUT2D eigenvalue weighted by atomic mass is 35.5. The van der Waals surface area contributed by atoms with Crippen LogP contribution in [0.3, 0.4) is 0 Å². The Balaban J connectivity index is 1.74. The van der Waals surface area contributed by atoms with Crippen LogP contribution in [-0.4, -0.2) is 41.5 Å². The fraction of sp³-hybridized carbons (Fsp3) is 0.222. The van der Waals surface area contributed by atoms with Gasteiger partial charge in [-0.15, -0.1) is 11.3 Å². The van der Waals surface area contributed by atoms with E-state index in [2.05, 4.69) is 4.98 Å². The number of amides is 1. The van der Waals surface area contributed by atoms with E-state index in [0.29, 0.717) is 28.9 Å². The molecule has 0 atom stereocenters. The van der Waals surface area contributed by atoms with Crippen LogP contribution in [0, 0.1) is 0 Å². The van der Waals surface area contributed by atoms with Gasteiger partial charge in [-0.05, 0) is 18.2 Å². The van der Waals surface area contributed by atoms with Crippen molar-refractivity contribution in [3.8, 4) is 11.5 Å². The van der Waals surface area contributed by atoms with Gasteiger partial charge in [0.25, 0.3) is 0 Å². The zero-order chi connectivity index (χ0) is 18.7. The first-order valence-corrected chi connectivity index (χ1v) is 9.04. The maximum absolute atomic E-state index is 12.5. The van der Waals surface area contributed by atoms with Crippen LogP contribution >= 0.6 is 22.9 Å². The molecule has 3 rings (SSSR count). The summed E-state index contributed by atoms with van der Waals surface area (Å²) in [6.45, 7) is 0.407. The van der Waals surface area contributed by atoms with Gasteiger partial charge in [0.2, 0.25) is 5.91 Å². The van der Waals surface area contributed by atoms with E-state index in [1.165, 1.54) is 17.4 Å². The standard InChI is InChI=1S/C18H18ClN3O3S/c1-21(11-12-4-5-13(24-2)10-15(12)25-3)16(23)7-6-14-17(19)20-18-22(14)8-9-26-18/h4-10H,11H2,1-3H3/b7-6+. The third-order valence-electron chi connectivity index (χ3n) is 3.92. The monoisotopic (exact) mass is 391 g/mol. The number of fused-ring (bicyclic) bond motifs is 1. The van der Waals surface area contributed by atoms with Crippen LogP contribution in [0.1, 0.15) is 11.3 Å². The van der Waals surface area contributed by atoms with Crippen LogP contribution < -0.4 is 9.47 Å². The number of carbonyl (C=O) groups excluding carboxylic acids is 1. The Bertz CT molecular complexity index is 964. The van der Waals surface area contributed by atoms with E-state index in [4.69, 9.17) is 21.1 Å². The number of hydrogen-bond acceptors (Lipinski definition) is 5. The molecular formula is C18H18ClN3O3S. The van der Waals surface area contributed by atoms with Crippen molar-refractivity contribution in [2.45, 2.75) is 6.54 Å². The number of halogens is 1. The Kier molecular flexibility index (Phi) is 5.49. The van der Waals surface area contributed by atoms with Gasteiger partial charge in [-0.2, -0.15) is 0 Å². The summed E-state index contributed by atoms with van der Waals surface area (Å²) in [5.41, 5.74) is 1.58. The zero-order valence-corrected chi connectivity index (χ0v) is 16.2. The lowest BCUT2D eigenvalue weighted by atomic mass is 10.1. The molecule has 0 fully saturated rings. The number of carbonyl (C=O) groups is 1. The molecule has 0 spiro atoms. The second-order valence-corrected chi connectivity index (χ2v) is 6.78. The van der Waals surface area contributed by atoms with Gasteiger partial charge in [0.1, 0.15) is 11.5 Å². The lowest BCUT2D eigenvalue weighted by Crippen LogP contribution is -2.24. The Morgan fingerprint density at radius 2 is 2.19 bits per heavy atom. The number of nitrogens with zero attached hydrogens (tertiary/aromatic N) is 3. The van der Waals surface area contributed by atoms with Gasteiger partial charge < -0.3 is 14.4 Å². The number of rotatable bonds is 6. The number of methoxy groups -OCH3 is 2. The molecule has 136 valence electrons.